The standard InChI is InChI=1S/C14H21N5O2/c1-18(10-12(15)20)14-11(9-16-6-8-21-2)19-7-4-3-5-13(19)17-14/h3-5,7,16H,6,8-10H2,1-2H3,(H2,15,20). The number of fused-ring (bicyclic) bond motifs is 1. The van der Waals surface area contributed by atoms with Crippen LogP contribution in [0.3, 0.4) is 0 Å². The molecule has 2 aromatic heterocycles. The normalized spacial score (nSPS) is 11.0. The van der Waals surface area contributed by atoms with Crippen molar-refractivity contribution in [1.29, 1.82) is 0 Å². The Balaban J connectivity index is 2.27. The van der Waals surface area contributed by atoms with Gasteiger partial charge in [-0.3, -0.25) is 4.79 Å². The largest absolute Gasteiger partial charge is 0.383 e. The first-order chi connectivity index (χ1) is 10.1. The number of hydrogen-bond acceptors (Lipinski definition) is 5. The number of rotatable bonds is 8. The number of likely N-dealkylation sites (N-methyl/N-ethyl adjacent to an activating group) is 1. The molecule has 0 aliphatic carbocycles. The first kappa shape index (κ1) is 15.3. The quantitative estimate of drug-likeness (QED) is 0.668. The van der Waals surface area contributed by atoms with Crippen molar-refractivity contribution < 1.29 is 9.53 Å². The summed E-state index contributed by atoms with van der Waals surface area (Å²) in [6.07, 6.45) is 1.96. The number of amides is 1. The summed E-state index contributed by atoms with van der Waals surface area (Å²) in [5, 5.41) is 3.30. The van der Waals surface area contributed by atoms with Gasteiger partial charge in [0.25, 0.3) is 0 Å². The smallest absolute Gasteiger partial charge is 0.236 e. The number of hydrogen-bond donors (Lipinski definition) is 2. The molecule has 21 heavy (non-hydrogen) atoms. The summed E-state index contributed by atoms with van der Waals surface area (Å²) >= 11 is 0. The van der Waals surface area contributed by atoms with Crippen LogP contribution in [0.4, 0.5) is 5.82 Å². The SMILES string of the molecule is COCCNCc1c(N(C)CC(N)=O)nc2ccccn12. The molecule has 3 N–H and O–H groups in total. The second kappa shape index (κ2) is 7.05. The molecule has 0 aromatic carbocycles. The van der Waals surface area contributed by atoms with E-state index in [-0.39, 0.29) is 12.5 Å². The maximum absolute atomic E-state index is 11.1. The number of carbonyl (C=O) groups excluding carboxylic acids is 1. The fourth-order valence-electron chi connectivity index (χ4n) is 2.19. The number of pyridine rings is 1. The van der Waals surface area contributed by atoms with Gasteiger partial charge in [-0.1, -0.05) is 6.07 Å². The predicted octanol–water partition coefficient (Wildman–Crippen LogP) is -0.00820. The van der Waals surface area contributed by atoms with E-state index < -0.39 is 0 Å². The number of imidazole rings is 1. The molecule has 0 unspecified atom stereocenters. The lowest BCUT2D eigenvalue weighted by Crippen LogP contribution is -2.32. The van der Waals surface area contributed by atoms with Crippen LogP contribution in [0.1, 0.15) is 5.69 Å². The molecule has 0 fully saturated rings. The number of carbonyl (C=O) groups is 1. The molecule has 2 heterocycles. The van der Waals surface area contributed by atoms with Crippen molar-refractivity contribution in [3.05, 3.63) is 30.1 Å². The molecule has 0 spiro atoms. The van der Waals surface area contributed by atoms with E-state index in [1.54, 1.807) is 12.0 Å². The monoisotopic (exact) mass is 291 g/mol. The van der Waals surface area contributed by atoms with Gasteiger partial charge in [-0.05, 0) is 12.1 Å². The van der Waals surface area contributed by atoms with Gasteiger partial charge in [0.1, 0.15) is 5.65 Å². The van der Waals surface area contributed by atoms with Gasteiger partial charge in [0, 0.05) is 33.4 Å². The maximum Gasteiger partial charge on any atom is 0.236 e. The van der Waals surface area contributed by atoms with Crippen LogP contribution in [0.2, 0.25) is 0 Å². The third kappa shape index (κ3) is 3.71. The van der Waals surface area contributed by atoms with Gasteiger partial charge in [0.2, 0.25) is 5.91 Å². The van der Waals surface area contributed by atoms with Crippen LogP contribution in [-0.2, 0) is 16.1 Å². The van der Waals surface area contributed by atoms with Crippen LogP contribution < -0.4 is 16.0 Å². The number of nitrogens with one attached hydrogen (secondary N) is 1. The van der Waals surface area contributed by atoms with Gasteiger partial charge < -0.3 is 25.1 Å². The molecule has 0 saturated heterocycles. The zero-order chi connectivity index (χ0) is 15.2. The first-order valence-corrected chi connectivity index (χ1v) is 6.78. The lowest BCUT2D eigenvalue weighted by Gasteiger charge is -2.16. The fourth-order valence-corrected chi connectivity index (χ4v) is 2.19. The molecule has 0 saturated carbocycles. The van der Waals surface area contributed by atoms with Gasteiger partial charge >= 0.3 is 0 Å². The average Bonchev–Trinajstić information content (AvgIpc) is 2.82. The van der Waals surface area contributed by atoms with Crippen LogP contribution in [-0.4, -0.2) is 49.1 Å². The second-order valence-corrected chi connectivity index (χ2v) is 4.80. The Labute approximate surface area is 123 Å². The van der Waals surface area contributed by atoms with Gasteiger partial charge in [-0.25, -0.2) is 4.98 Å². The summed E-state index contributed by atoms with van der Waals surface area (Å²) in [6, 6.07) is 5.81. The van der Waals surface area contributed by atoms with Crippen molar-refractivity contribution in [2.75, 3.05) is 38.8 Å². The first-order valence-electron chi connectivity index (χ1n) is 6.78. The third-order valence-electron chi connectivity index (χ3n) is 3.14. The topological polar surface area (TPSA) is 84.9 Å². The van der Waals surface area contributed by atoms with Crippen LogP contribution >= 0.6 is 0 Å². The van der Waals surface area contributed by atoms with Crippen LogP contribution in [0.25, 0.3) is 5.65 Å². The predicted molar refractivity (Wildman–Crippen MR) is 81.2 cm³/mol. The minimum atomic E-state index is -0.382. The van der Waals surface area contributed by atoms with E-state index in [0.717, 1.165) is 23.7 Å². The Hall–Kier alpha value is -2.12. The Kier molecular flexibility index (Phi) is 5.13. The molecular formula is C14H21N5O2. The van der Waals surface area contributed by atoms with E-state index >= 15 is 0 Å². The van der Waals surface area contributed by atoms with Crippen molar-refractivity contribution in [1.82, 2.24) is 14.7 Å². The summed E-state index contributed by atoms with van der Waals surface area (Å²) < 4.78 is 7.03. The molecule has 114 valence electrons. The molecule has 0 bridgehead atoms. The van der Waals surface area contributed by atoms with E-state index in [1.165, 1.54) is 0 Å². The number of ether oxygens (including phenoxy) is 1. The van der Waals surface area contributed by atoms with E-state index in [0.29, 0.717) is 13.2 Å². The zero-order valence-electron chi connectivity index (χ0n) is 12.4. The van der Waals surface area contributed by atoms with E-state index in [4.69, 9.17) is 10.5 Å². The molecule has 2 rings (SSSR count). The molecule has 7 heteroatoms. The highest BCUT2D eigenvalue weighted by atomic mass is 16.5. The summed E-state index contributed by atoms with van der Waals surface area (Å²) in [6.45, 7) is 2.15. The lowest BCUT2D eigenvalue weighted by atomic mass is 10.3. The average molecular weight is 291 g/mol. The molecule has 2 aromatic rings. The van der Waals surface area contributed by atoms with Crippen LogP contribution in [0, 0.1) is 0 Å². The maximum atomic E-state index is 11.1. The number of aromatic nitrogens is 2. The summed E-state index contributed by atoms with van der Waals surface area (Å²) in [7, 11) is 3.48. The summed E-state index contributed by atoms with van der Waals surface area (Å²) in [5.41, 5.74) is 7.10. The number of anilines is 1. The van der Waals surface area contributed by atoms with Gasteiger partial charge in [-0.15, -0.1) is 0 Å². The van der Waals surface area contributed by atoms with Crippen molar-refractivity contribution in [2.24, 2.45) is 5.73 Å². The van der Waals surface area contributed by atoms with E-state index in [2.05, 4.69) is 10.3 Å². The Morgan fingerprint density at radius 3 is 3.05 bits per heavy atom. The zero-order valence-corrected chi connectivity index (χ0v) is 12.4. The Morgan fingerprint density at radius 1 is 1.52 bits per heavy atom. The fraction of sp³-hybridized carbons (Fsp3) is 0.429. The minimum Gasteiger partial charge on any atom is -0.383 e. The molecule has 0 atom stereocenters. The highest BCUT2D eigenvalue weighted by Gasteiger charge is 2.16. The van der Waals surface area contributed by atoms with Gasteiger partial charge in [0.05, 0.1) is 18.8 Å². The highest BCUT2D eigenvalue weighted by molar-refractivity contribution is 5.79. The van der Waals surface area contributed by atoms with E-state index in [1.807, 2.05) is 35.8 Å². The second-order valence-electron chi connectivity index (χ2n) is 4.80. The van der Waals surface area contributed by atoms with Crippen LogP contribution in [0.5, 0.6) is 0 Å². The summed E-state index contributed by atoms with van der Waals surface area (Å²) in [5.74, 6) is 0.373. The van der Waals surface area contributed by atoms with Crippen molar-refractivity contribution in [3.8, 4) is 0 Å². The molecule has 7 nitrogen and oxygen atoms in total. The number of primary amides is 1. The molecule has 0 aliphatic heterocycles. The van der Waals surface area contributed by atoms with Crippen molar-refractivity contribution >= 4 is 17.4 Å². The van der Waals surface area contributed by atoms with Gasteiger partial charge in [0.15, 0.2) is 5.82 Å². The van der Waals surface area contributed by atoms with Crippen LogP contribution in [0.15, 0.2) is 24.4 Å². The van der Waals surface area contributed by atoms with Gasteiger partial charge in [-0.2, -0.15) is 0 Å². The number of methoxy groups -OCH3 is 1. The van der Waals surface area contributed by atoms with Crippen molar-refractivity contribution in [2.45, 2.75) is 6.54 Å². The van der Waals surface area contributed by atoms with Crippen molar-refractivity contribution in [3.63, 3.8) is 0 Å². The highest BCUT2D eigenvalue weighted by Crippen LogP contribution is 2.20. The lowest BCUT2D eigenvalue weighted by molar-refractivity contribution is -0.116. The van der Waals surface area contributed by atoms with E-state index in [9.17, 15) is 4.79 Å². The minimum absolute atomic E-state index is 0.134. The molecule has 0 aliphatic rings. The number of nitrogens with two attached hydrogens (primary N) is 1. The Bertz CT molecular complexity index is 610. The Morgan fingerprint density at radius 2 is 2.33 bits per heavy atom. The molecule has 0 radical (unpaired) electrons. The summed E-state index contributed by atoms with van der Waals surface area (Å²) in [4.78, 5) is 17.5. The third-order valence-corrected chi connectivity index (χ3v) is 3.14. The molecule has 1 amide bonds. The number of nitrogens with zero attached hydrogens (tertiary/aromatic N) is 3. The molecular weight excluding hydrogens is 270 g/mol.